The van der Waals surface area contributed by atoms with Gasteiger partial charge in [-0.05, 0) is 30.5 Å². The molecule has 5 heteroatoms. The number of fused-ring (bicyclic) bond motifs is 1. The third-order valence-corrected chi connectivity index (χ3v) is 5.43. The van der Waals surface area contributed by atoms with Gasteiger partial charge < -0.3 is 9.80 Å². The molecule has 5 nitrogen and oxygen atoms in total. The van der Waals surface area contributed by atoms with Crippen molar-refractivity contribution in [2.24, 2.45) is 0 Å². The van der Waals surface area contributed by atoms with Gasteiger partial charge in [0.1, 0.15) is 6.04 Å². The van der Waals surface area contributed by atoms with Crippen LogP contribution < -0.4 is 0 Å². The van der Waals surface area contributed by atoms with E-state index in [-0.39, 0.29) is 11.8 Å². The zero-order chi connectivity index (χ0) is 17.8. The van der Waals surface area contributed by atoms with E-state index >= 15 is 0 Å². The minimum atomic E-state index is -0.454. The lowest BCUT2D eigenvalue weighted by atomic mass is 9.91. The molecule has 25 heavy (non-hydrogen) atoms. The van der Waals surface area contributed by atoms with E-state index in [4.69, 9.17) is 0 Å². The summed E-state index contributed by atoms with van der Waals surface area (Å²) in [4.78, 5) is 31.5. The van der Waals surface area contributed by atoms with Gasteiger partial charge in [0.2, 0.25) is 11.8 Å². The fraction of sp³-hybridized carbons (Fsp3) is 0.600. The molecule has 0 aliphatic carbocycles. The van der Waals surface area contributed by atoms with Crippen LogP contribution in [-0.2, 0) is 16.0 Å². The second-order valence-electron chi connectivity index (χ2n) is 7.08. The first kappa shape index (κ1) is 17.9. The van der Waals surface area contributed by atoms with Crippen molar-refractivity contribution in [2.45, 2.75) is 39.2 Å². The number of rotatable bonds is 4. The maximum Gasteiger partial charge on any atom is 0.250 e. The van der Waals surface area contributed by atoms with Gasteiger partial charge in [-0.1, -0.05) is 37.6 Å². The van der Waals surface area contributed by atoms with Crippen LogP contribution in [0, 0.1) is 0 Å². The molecule has 136 valence electrons. The lowest BCUT2D eigenvalue weighted by Gasteiger charge is -2.41. The fourth-order valence-electron chi connectivity index (χ4n) is 3.92. The van der Waals surface area contributed by atoms with Crippen molar-refractivity contribution >= 4 is 11.8 Å². The fourth-order valence-corrected chi connectivity index (χ4v) is 3.92. The van der Waals surface area contributed by atoms with Crippen LogP contribution in [0.5, 0.6) is 0 Å². The Hall–Kier alpha value is -1.88. The summed E-state index contributed by atoms with van der Waals surface area (Å²) in [7, 11) is 0. The van der Waals surface area contributed by atoms with Gasteiger partial charge in [0.15, 0.2) is 0 Å². The smallest absolute Gasteiger partial charge is 0.250 e. The summed E-state index contributed by atoms with van der Waals surface area (Å²) in [6.45, 7) is 8.89. The molecule has 2 heterocycles. The van der Waals surface area contributed by atoms with Gasteiger partial charge >= 0.3 is 0 Å². The van der Waals surface area contributed by atoms with Crippen molar-refractivity contribution in [1.82, 2.24) is 14.7 Å². The number of carbonyl (C=O) groups is 2. The van der Waals surface area contributed by atoms with Gasteiger partial charge in [-0.25, -0.2) is 0 Å². The van der Waals surface area contributed by atoms with Crippen molar-refractivity contribution in [2.75, 3.05) is 39.3 Å². The summed E-state index contributed by atoms with van der Waals surface area (Å²) in [6, 6.07) is 7.60. The molecule has 0 radical (unpaired) electrons. The van der Waals surface area contributed by atoms with Crippen LogP contribution >= 0.6 is 0 Å². The number of benzene rings is 1. The summed E-state index contributed by atoms with van der Waals surface area (Å²) >= 11 is 0. The first-order valence-corrected chi connectivity index (χ1v) is 9.48. The molecular weight excluding hydrogens is 314 g/mol. The summed E-state index contributed by atoms with van der Waals surface area (Å²) in [6.07, 6.45) is 3.23. The van der Waals surface area contributed by atoms with Gasteiger partial charge in [0, 0.05) is 39.6 Å². The molecule has 0 saturated carbocycles. The molecule has 0 spiro atoms. The monoisotopic (exact) mass is 343 g/mol. The van der Waals surface area contributed by atoms with E-state index in [0.29, 0.717) is 6.54 Å². The van der Waals surface area contributed by atoms with Crippen LogP contribution in [-0.4, -0.2) is 65.8 Å². The Balaban J connectivity index is 1.74. The zero-order valence-corrected chi connectivity index (χ0v) is 15.4. The maximum atomic E-state index is 13.3. The highest BCUT2D eigenvalue weighted by Crippen LogP contribution is 2.31. The molecule has 0 N–H and O–H groups in total. The highest BCUT2D eigenvalue weighted by atomic mass is 16.2. The van der Waals surface area contributed by atoms with E-state index in [9.17, 15) is 9.59 Å². The van der Waals surface area contributed by atoms with Crippen LogP contribution in [0.4, 0.5) is 0 Å². The Morgan fingerprint density at radius 3 is 2.48 bits per heavy atom. The molecule has 1 aromatic rings. The minimum absolute atomic E-state index is 0.0190. The van der Waals surface area contributed by atoms with Crippen LogP contribution in [0.2, 0.25) is 0 Å². The third kappa shape index (κ3) is 3.87. The summed E-state index contributed by atoms with van der Waals surface area (Å²) in [5, 5.41) is 0. The number of hydrogen-bond acceptors (Lipinski definition) is 3. The highest BCUT2D eigenvalue weighted by Gasteiger charge is 2.37. The number of amides is 2. The summed E-state index contributed by atoms with van der Waals surface area (Å²) in [5.41, 5.74) is 2.20. The second kappa shape index (κ2) is 8.00. The standard InChI is InChI=1S/C20H29N3O2/c1-3-4-10-21-12-14-22(15-13-21)20(25)19-18-8-6-5-7-17(18)9-11-23(19)16(2)24/h5-8,19H,3-4,9-15H2,1-2H3. The molecule has 0 aromatic heterocycles. The van der Waals surface area contributed by atoms with Crippen LogP contribution in [0.3, 0.4) is 0 Å². The predicted octanol–water partition coefficient (Wildman–Crippen LogP) is 2.08. The quantitative estimate of drug-likeness (QED) is 0.841. The molecule has 1 unspecified atom stereocenters. The largest absolute Gasteiger partial charge is 0.338 e. The second-order valence-corrected chi connectivity index (χ2v) is 7.08. The molecule has 3 rings (SSSR count). The van der Waals surface area contributed by atoms with E-state index < -0.39 is 6.04 Å². The molecule has 1 atom stereocenters. The first-order valence-electron chi connectivity index (χ1n) is 9.48. The van der Waals surface area contributed by atoms with Gasteiger partial charge in [-0.3, -0.25) is 14.5 Å². The van der Waals surface area contributed by atoms with Crippen LogP contribution in [0.15, 0.2) is 24.3 Å². The van der Waals surface area contributed by atoms with Crippen molar-refractivity contribution in [3.05, 3.63) is 35.4 Å². The van der Waals surface area contributed by atoms with Crippen molar-refractivity contribution in [3.8, 4) is 0 Å². The lowest BCUT2D eigenvalue weighted by Crippen LogP contribution is -2.53. The number of unbranched alkanes of at least 4 members (excludes halogenated alkanes) is 1. The molecule has 1 aromatic carbocycles. The Morgan fingerprint density at radius 1 is 1.08 bits per heavy atom. The molecule has 1 saturated heterocycles. The van der Waals surface area contributed by atoms with E-state index in [1.54, 1.807) is 11.8 Å². The average molecular weight is 343 g/mol. The van der Waals surface area contributed by atoms with Crippen LogP contribution in [0.25, 0.3) is 0 Å². The molecule has 1 fully saturated rings. The predicted molar refractivity (Wildman–Crippen MR) is 98.2 cm³/mol. The van der Waals surface area contributed by atoms with E-state index in [1.807, 2.05) is 23.1 Å². The Labute approximate surface area is 150 Å². The Kier molecular flexibility index (Phi) is 5.74. The normalized spacial score (nSPS) is 21.1. The molecule has 2 aliphatic heterocycles. The zero-order valence-electron chi connectivity index (χ0n) is 15.4. The topological polar surface area (TPSA) is 43.9 Å². The molecule has 0 bridgehead atoms. The molecular formula is C20H29N3O2. The lowest BCUT2D eigenvalue weighted by molar-refractivity contribution is -0.147. The first-order chi connectivity index (χ1) is 12.1. The number of hydrogen-bond donors (Lipinski definition) is 0. The average Bonchev–Trinajstić information content (AvgIpc) is 2.65. The Bertz CT molecular complexity index is 623. The van der Waals surface area contributed by atoms with Crippen molar-refractivity contribution in [3.63, 3.8) is 0 Å². The van der Waals surface area contributed by atoms with Crippen molar-refractivity contribution < 1.29 is 9.59 Å². The highest BCUT2D eigenvalue weighted by molar-refractivity contribution is 5.89. The summed E-state index contributed by atoms with van der Waals surface area (Å²) < 4.78 is 0. The number of carbonyl (C=O) groups excluding carboxylic acids is 2. The summed E-state index contributed by atoms with van der Waals surface area (Å²) in [5.74, 6) is 0.0620. The van der Waals surface area contributed by atoms with Gasteiger partial charge in [-0.2, -0.15) is 0 Å². The van der Waals surface area contributed by atoms with E-state index in [0.717, 1.165) is 44.7 Å². The maximum absolute atomic E-state index is 13.3. The van der Waals surface area contributed by atoms with Gasteiger partial charge in [0.25, 0.3) is 0 Å². The van der Waals surface area contributed by atoms with E-state index in [2.05, 4.69) is 17.9 Å². The molecule has 2 amide bonds. The number of nitrogens with zero attached hydrogens (tertiary/aromatic N) is 3. The van der Waals surface area contributed by atoms with Gasteiger partial charge in [0.05, 0.1) is 0 Å². The number of piperazine rings is 1. The van der Waals surface area contributed by atoms with Crippen molar-refractivity contribution in [1.29, 1.82) is 0 Å². The Morgan fingerprint density at radius 2 is 1.80 bits per heavy atom. The minimum Gasteiger partial charge on any atom is -0.338 e. The molecule has 2 aliphatic rings. The third-order valence-electron chi connectivity index (χ3n) is 5.43. The SMILES string of the molecule is CCCCN1CCN(C(=O)C2c3ccccc3CCN2C(C)=O)CC1. The van der Waals surface area contributed by atoms with E-state index in [1.165, 1.54) is 18.4 Å². The van der Waals surface area contributed by atoms with Crippen LogP contribution in [0.1, 0.15) is 43.9 Å². The van der Waals surface area contributed by atoms with Gasteiger partial charge in [-0.15, -0.1) is 0 Å².